The molecule has 2 heterocycles. The highest BCUT2D eigenvalue weighted by atomic mass is 79.9. The second-order valence-electron chi connectivity index (χ2n) is 4.01. The highest BCUT2D eigenvalue weighted by molar-refractivity contribution is 9.10. The van der Waals surface area contributed by atoms with Crippen LogP contribution in [0.15, 0.2) is 33.3 Å². The van der Waals surface area contributed by atoms with Gasteiger partial charge in [0.05, 0.1) is 15.7 Å². The highest BCUT2D eigenvalue weighted by Crippen LogP contribution is 2.26. The molecule has 0 amide bonds. The molecule has 0 aliphatic carbocycles. The maximum Gasteiger partial charge on any atom is 0.184 e. The van der Waals surface area contributed by atoms with E-state index in [0.29, 0.717) is 11.2 Å². The minimum Gasteiger partial charge on any atom is -0.329 e. The number of halogens is 4. The van der Waals surface area contributed by atoms with Crippen LogP contribution in [0.1, 0.15) is 0 Å². The first-order chi connectivity index (χ1) is 9.47. The van der Waals surface area contributed by atoms with Gasteiger partial charge in [0.15, 0.2) is 10.4 Å². The number of hydrogen-bond acceptors (Lipinski definition) is 2. The minimum absolute atomic E-state index is 0.0109. The fraction of sp³-hybridized carbons (Fsp3) is 0. The summed E-state index contributed by atoms with van der Waals surface area (Å²) < 4.78 is 30.1. The summed E-state index contributed by atoms with van der Waals surface area (Å²) in [5.74, 6) is -1.17. The van der Waals surface area contributed by atoms with E-state index in [0.717, 1.165) is 16.6 Å². The summed E-state index contributed by atoms with van der Waals surface area (Å²) in [4.78, 5) is 7.10. The second kappa shape index (κ2) is 5.01. The Morgan fingerprint density at radius 1 is 1.15 bits per heavy atom. The van der Waals surface area contributed by atoms with Gasteiger partial charge in [-0.05, 0) is 56.2 Å². The van der Waals surface area contributed by atoms with Gasteiger partial charge < -0.3 is 4.98 Å². The summed E-state index contributed by atoms with van der Waals surface area (Å²) in [6.45, 7) is 0. The van der Waals surface area contributed by atoms with Gasteiger partial charge in [-0.3, -0.25) is 4.57 Å². The molecule has 0 atom stereocenters. The van der Waals surface area contributed by atoms with Crippen LogP contribution in [-0.4, -0.2) is 14.5 Å². The summed E-state index contributed by atoms with van der Waals surface area (Å²) in [5, 5.41) is 0. The van der Waals surface area contributed by atoms with E-state index < -0.39 is 11.6 Å². The number of pyridine rings is 1. The number of H-pyrrole nitrogens is 1. The largest absolute Gasteiger partial charge is 0.329 e. The molecule has 102 valence electrons. The van der Waals surface area contributed by atoms with Gasteiger partial charge in [0.2, 0.25) is 0 Å². The lowest BCUT2D eigenvalue weighted by Gasteiger charge is -2.06. The number of nitrogens with one attached hydrogen (secondary N) is 1. The molecule has 1 N–H and O–H groups in total. The van der Waals surface area contributed by atoms with Crippen LogP contribution in [0.25, 0.3) is 16.9 Å². The zero-order valence-corrected chi connectivity index (χ0v) is 13.6. The van der Waals surface area contributed by atoms with Crippen LogP contribution in [0.3, 0.4) is 0 Å². The molecule has 0 aliphatic rings. The molecule has 3 aromatic rings. The van der Waals surface area contributed by atoms with Crippen LogP contribution in [0.2, 0.25) is 0 Å². The number of rotatable bonds is 1. The number of hydrogen-bond donors (Lipinski definition) is 1. The highest BCUT2D eigenvalue weighted by Gasteiger charge is 2.15. The summed E-state index contributed by atoms with van der Waals surface area (Å²) >= 11 is 11.4. The van der Waals surface area contributed by atoms with Crippen molar-refractivity contribution < 1.29 is 8.78 Å². The Balaban J connectivity index is 2.38. The first-order valence-electron chi connectivity index (χ1n) is 5.38. The predicted molar refractivity (Wildman–Crippen MR) is 81.6 cm³/mol. The Labute approximate surface area is 133 Å². The van der Waals surface area contributed by atoms with Crippen molar-refractivity contribution in [2.75, 3.05) is 0 Å². The van der Waals surface area contributed by atoms with Crippen molar-refractivity contribution in [3.8, 4) is 5.69 Å². The standard InChI is InChI=1S/C12H5Br2F2N3S/c13-5-1-9-11(17-4-5)19(12(20)18-9)10-3-7(15)6(14)2-8(10)16/h1-4H,(H,18,20). The fourth-order valence-corrected chi connectivity index (χ4v) is 2.82. The molecular formula is C12H5Br2F2N3S. The number of imidazole rings is 1. The minimum atomic E-state index is -0.597. The maximum atomic E-state index is 14.1. The molecule has 1 aromatic carbocycles. The third-order valence-corrected chi connectivity index (χ3v) is 4.05. The number of aromatic nitrogens is 3. The van der Waals surface area contributed by atoms with E-state index in [-0.39, 0.29) is 14.9 Å². The zero-order chi connectivity index (χ0) is 14.4. The van der Waals surface area contributed by atoms with Crippen LogP contribution in [-0.2, 0) is 0 Å². The molecule has 8 heteroatoms. The normalized spacial score (nSPS) is 11.2. The Bertz CT molecular complexity index is 888. The number of fused-ring (bicyclic) bond motifs is 1. The molecule has 0 saturated carbocycles. The first-order valence-corrected chi connectivity index (χ1v) is 7.38. The van der Waals surface area contributed by atoms with Gasteiger partial charge in [0.25, 0.3) is 0 Å². The van der Waals surface area contributed by atoms with E-state index in [2.05, 4.69) is 41.8 Å². The van der Waals surface area contributed by atoms with Crippen LogP contribution in [0, 0.1) is 16.4 Å². The van der Waals surface area contributed by atoms with Crippen LogP contribution in [0.5, 0.6) is 0 Å². The topological polar surface area (TPSA) is 33.6 Å². The lowest BCUT2D eigenvalue weighted by atomic mass is 10.3. The van der Waals surface area contributed by atoms with Gasteiger partial charge in [-0.15, -0.1) is 0 Å². The van der Waals surface area contributed by atoms with Crippen molar-refractivity contribution in [3.05, 3.63) is 49.7 Å². The second-order valence-corrected chi connectivity index (χ2v) is 6.16. The third-order valence-electron chi connectivity index (χ3n) is 2.72. The number of nitrogens with zero attached hydrogens (tertiary/aromatic N) is 2. The van der Waals surface area contributed by atoms with Crippen molar-refractivity contribution in [2.45, 2.75) is 0 Å². The molecule has 0 aliphatic heterocycles. The monoisotopic (exact) mass is 419 g/mol. The van der Waals surface area contributed by atoms with Crippen LogP contribution >= 0.6 is 44.1 Å². The lowest BCUT2D eigenvalue weighted by Crippen LogP contribution is -2.00. The molecule has 2 aromatic heterocycles. The van der Waals surface area contributed by atoms with Crippen molar-refractivity contribution in [2.24, 2.45) is 0 Å². The first kappa shape index (κ1) is 13.8. The maximum absolute atomic E-state index is 14.1. The number of benzene rings is 1. The molecule has 20 heavy (non-hydrogen) atoms. The smallest absolute Gasteiger partial charge is 0.184 e. The molecule has 0 spiro atoms. The Hall–Kier alpha value is -1.12. The van der Waals surface area contributed by atoms with E-state index >= 15 is 0 Å². The van der Waals surface area contributed by atoms with Crippen molar-refractivity contribution in [1.29, 1.82) is 0 Å². The SMILES string of the molecule is Fc1cc(-n2c(=S)[nH]c3cc(Br)cnc32)c(F)cc1Br. The Kier molecular flexibility index (Phi) is 3.47. The van der Waals surface area contributed by atoms with Gasteiger partial charge in [0.1, 0.15) is 11.6 Å². The molecule has 0 bridgehead atoms. The van der Waals surface area contributed by atoms with E-state index in [1.54, 1.807) is 12.3 Å². The lowest BCUT2D eigenvalue weighted by molar-refractivity contribution is 0.587. The average molecular weight is 421 g/mol. The quantitative estimate of drug-likeness (QED) is 0.449. The van der Waals surface area contributed by atoms with Gasteiger partial charge in [-0.25, -0.2) is 13.8 Å². The van der Waals surface area contributed by atoms with Gasteiger partial charge in [0, 0.05) is 16.7 Å². The van der Waals surface area contributed by atoms with Crippen molar-refractivity contribution in [1.82, 2.24) is 14.5 Å². The molecule has 0 saturated heterocycles. The van der Waals surface area contributed by atoms with E-state index in [1.807, 2.05) is 0 Å². The van der Waals surface area contributed by atoms with Crippen LogP contribution < -0.4 is 0 Å². The van der Waals surface area contributed by atoms with Crippen molar-refractivity contribution >= 4 is 55.2 Å². The van der Waals surface area contributed by atoms with Gasteiger partial charge in [-0.2, -0.15) is 0 Å². The molecular weight excluding hydrogens is 416 g/mol. The summed E-state index contributed by atoms with van der Waals surface area (Å²) in [7, 11) is 0. The molecule has 3 rings (SSSR count). The third kappa shape index (κ3) is 2.21. The van der Waals surface area contributed by atoms with Gasteiger partial charge in [-0.1, -0.05) is 0 Å². The van der Waals surface area contributed by atoms with E-state index in [4.69, 9.17) is 12.2 Å². The van der Waals surface area contributed by atoms with E-state index in [1.165, 1.54) is 4.57 Å². The summed E-state index contributed by atoms with van der Waals surface area (Å²) in [6.07, 6.45) is 1.56. The van der Waals surface area contributed by atoms with E-state index in [9.17, 15) is 8.78 Å². The summed E-state index contributed by atoms with van der Waals surface area (Å²) in [6, 6.07) is 3.90. The fourth-order valence-electron chi connectivity index (χ4n) is 1.88. The predicted octanol–water partition coefficient (Wildman–Crippen LogP) is 4.89. The number of aromatic amines is 1. The Morgan fingerprint density at radius 3 is 2.65 bits per heavy atom. The molecule has 0 unspecified atom stereocenters. The molecule has 0 fully saturated rings. The zero-order valence-electron chi connectivity index (χ0n) is 9.62. The van der Waals surface area contributed by atoms with Gasteiger partial charge >= 0.3 is 0 Å². The molecule has 3 nitrogen and oxygen atoms in total. The average Bonchev–Trinajstić information content (AvgIpc) is 2.69. The van der Waals surface area contributed by atoms with Crippen molar-refractivity contribution in [3.63, 3.8) is 0 Å². The molecule has 0 radical (unpaired) electrons. The summed E-state index contributed by atoms with van der Waals surface area (Å²) in [5.41, 5.74) is 1.07. The Morgan fingerprint density at radius 2 is 1.90 bits per heavy atom. The van der Waals surface area contributed by atoms with Crippen LogP contribution in [0.4, 0.5) is 8.78 Å².